The number of hydrogen-bond donors (Lipinski definition) is 2. The van der Waals surface area contributed by atoms with E-state index in [4.69, 9.17) is 0 Å². The number of aliphatic hydroxyl groups excluding tert-OH is 1. The second-order valence-electron chi connectivity index (χ2n) is 4.59. The molecule has 2 unspecified atom stereocenters. The third-order valence-electron chi connectivity index (χ3n) is 3.16. The molecule has 1 aliphatic carbocycles. The lowest BCUT2D eigenvalue weighted by atomic mass is 10.1. The van der Waals surface area contributed by atoms with Crippen molar-refractivity contribution in [2.45, 2.75) is 31.9 Å². The van der Waals surface area contributed by atoms with Crippen molar-refractivity contribution in [1.82, 2.24) is 5.32 Å². The zero-order valence-corrected chi connectivity index (χ0v) is 10.9. The van der Waals surface area contributed by atoms with Crippen LogP contribution in [0.15, 0.2) is 28.7 Å². The zero-order valence-electron chi connectivity index (χ0n) is 9.32. The van der Waals surface area contributed by atoms with E-state index in [9.17, 15) is 5.11 Å². The van der Waals surface area contributed by atoms with Gasteiger partial charge < -0.3 is 10.4 Å². The molecule has 0 radical (unpaired) electrons. The van der Waals surface area contributed by atoms with Crippen LogP contribution in [0, 0.1) is 5.92 Å². The monoisotopic (exact) mass is 283 g/mol. The van der Waals surface area contributed by atoms with Gasteiger partial charge >= 0.3 is 0 Å². The van der Waals surface area contributed by atoms with Gasteiger partial charge in [0, 0.05) is 11.0 Å². The van der Waals surface area contributed by atoms with Crippen LogP contribution in [0.4, 0.5) is 0 Å². The number of rotatable bonds is 4. The van der Waals surface area contributed by atoms with E-state index in [0.29, 0.717) is 5.92 Å². The quantitative estimate of drug-likeness (QED) is 0.891. The van der Waals surface area contributed by atoms with Crippen molar-refractivity contribution in [3.8, 4) is 0 Å². The highest BCUT2D eigenvalue weighted by Crippen LogP contribution is 2.24. The third kappa shape index (κ3) is 3.58. The Morgan fingerprint density at radius 1 is 1.38 bits per heavy atom. The molecule has 88 valence electrons. The normalized spacial score (nSPS) is 24.9. The highest BCUT2D eigenvalue weighted by Gasteiger charge is 2.21. The van der Waals surface area contributed by atoms with Gasteiger partial charge in [0.2, 0.25) is 0 Å². The summed E-state index contributed by atoms with van der Waals surface area (Å²) < 4.78 is 1.13. The van der Waals surface area contributed by atoms with Crippen molar-refractivity contribution in [2.24, 2.45) is 5.92 Å². The van der Waals surface area contributed by atoms with Crippen LogP contribution in [0.2, 0.25) is 0 Å². The molecule has 3 heteroatoms. The topological polar surface area (TPSA) is 32.3 Å². The molecule has 2 nitrogen and oxygen atoms in total. The minimum atomic E-state index is -0.0577. The van der Waals surface area contributed by atoms with E-state index >= 15 is 0 Å². The van der Waals surface area contributed by atoms with Crippen molar-refractivity contribution in [1.29, 1.82) is 0 Å². The van der Waals surface area contributed by atoms with Crippen molar-refractivity contribution in [3.63, 3.8) is 0 Å². The largest absolute Gasteiger partial charge is 0.393 e. The molecule has 0 saturated heterocycles. The molecule has 0 heterocycles. The molecule has 0 spiro atoms. The lowest BCUT2D eigenvalue weighted by molar-refractivity contribution is 0.177. The Labute approximate surface area is 105 Å². The molecule has 0 aliphatic heterocycles. The first kappa shape index (κ1) is 12.1. The Bertz CT molecular complexity index is 342. The highest BCUT2D eigenvalue weighted by molar-refractivity contribution is 9.10. The minimum Gasteiger partial charge on any atom is -0.393 e. The van der Waals surface area contributed by atoms with Gasteiger partial charge in [-0.05, 0) is 49.4 Å². The number of benzene rings is 1. The first-order valence-electron chi connectivity index (χ1n) is 5.87. The summed E-state index contributed by atoms with van der Waals surface area (Å²) in [7, 11) is 0. The Balaban J connectivity index is 1.72. The lowest BCUT2D eigenvalue weighted by Crippen LogP contribution is -2.21. The minimum absolute atomic E-state index is 0.0577. The van der Waals surface area contributed by atoms with Crippen LogP contribution in [0.25, 0.3) is 0 Å². The predicted molar refractivity (Wildman–Crippen MR) is 69.2 cm³/mol. The number of nitrogens with one attached hydrogen (secondary N) is 1. The summed E-state index contributed by atoms with van der Waals surface area (Å²) in [6.45, 7) is 1.93. The van der Waals surface area contributed by atoms with E-state index in [0.717, 1.165) is 36.8 Å². The zero-order chi connectivity index (χ0) is 11.4. The Kier molecular flexibility index (Phi) is 4.38. The van der Waals surface area contributed by atoms with Gasteiger partial charge in [-0.25, -0.2) is 0 Å². The molecule has 1 fully saturated rings. The first-order valence-corrected chi connectivity index (χ1v) is 6.66. The molecule has 0 aromatic heterocycles. The fourth-order valence-corrected chi connectivity index (χ4v) is 2.75. The van der Waals surface area contributed by atoms with Gasteiger partial charge in [0.05, 0.1) is 6.10 Å². The van der Waals surface area contributed by atoms with Gasteiger partial charge in [0.1, 0.15) is 0 Å². The van der Waals surface area contributed by atoms with Gasteiger partial charge in [-0.2, -0.15) is 0 Å². The van der Waals surface area contributed by atoms with Crippen molar-refractivity contribution in [2.75, 3.05) is 6.54 Å². The number of halogens is 1. The van der Waals surface area contributed by atoms with Crippen LogP contribution >= 0.6 is 15.9 Å². The van der Waals surface area contributed by atoms with Crippen LogP contribution in [-0.4, -0.2) is 17.8 Å². The summed E-state index contributed by atoms with van der Waals surface area (Å²) in [6.07, 6.45) is 3.04. The van der Waals surface area contributed by atoms with Gasteiger partial charge in [-0.15, -0.1) is 0 Å². The molecule has 0 amide bonds. The smallest absolute Gasteiger partial charge is 0.0543 e. The van der Waals surface area contributed by atoms with Gasteiger partial charge in [0.25, 0.3) is 0 Å². The van der Waals surface area contributed by atoms with Crippen molar-refractivity contribution in [3.05, 3.63) is 34.3 Å². The molecule has 2 N–H and O–H groups in total. The SMILES string of the molecule is OC1CCC(CNCc2cccc(Br)c2)C1. The lowest BCUT2D eigenvalue weighted by Gasteiger charge is -2.10. The first-order chi connectivity index (χ1) is 7.74. The molecular weight excluding hydrogens is 266 g/mol. The fourth-order valence-electron chi connectivity index (χ4n) is 2.30. The van der Waals surface area contributed by atoms with Crippen LogP contribution in [0.5, 0.6) is 0 Å². The van der Waals surface area contributed by atoms with E-state index in [-0.39, 0.29) is 6.10 Å². The summed E-state index contributed by atoms with van der Waals surface area (Å²) in [5, 5.41) is 12.9. The summed E-state index contributed by atoms with van der Waals surface area (Å²) in [5.74, 6) is 0.655. The van der Waals surface area contributed by atoms with Crippen LogP contribution < -0.4 is 5.32 Å². The number of hydrogen-bond acceptors (Lipinski definition) is 2. The Morgan fingerprint density at radius 2 is 2.25 bits per heavy atom. The maximum absolute atomic E-state index is 9.42. The van der Waals surface area contributed by atoms with Gasteiger partial charge in [-0.3, -0.25) is 0 Å². The predicted octanol–water partition coefficient (Wildman–Crippen LogP) is 2.70. The average molecular weight is 284 g/mol. The molecule has 1 saturated carbocycles. The van der Waals surface area contributed by atoms with E-state index in [1.807, 2.05) is 6.07 Å². The second kappa shape index (κ2) is 5.80. The second-order valence-corrected chi connectivity index (χ2v) is 5.51. The van der Waals surface area contributed by atoms with E-state index in [1.165, 1.54) is 5.56 Å². The molecule has 2 rings (SSSR count). The average Bonchev–Trinajstić information content (AvgIpc) is 2.64. The van der Waals surface area contributed by atoms with Crippen molar-refractivity contribution < 1.29 is 5.11 Å². The maximum atomic E-state index is 9.42. The molecule has 0 bridgehead atoms. The Hall–Kier alpha value is -0.380. The molecule has 2 atom stereocenters. The molecule has 1 aromatic rings. The molecular formula is C13H18BrNO. The third-order valence-corrected chi connectivity index (χ3v) is 3.66. The molecule has 1 aliphatic rings. The van der Waals surface area contributed by atoms with Gasteiger partial charge in [-0.1, -0.05) is 28.1 Å². The van der Waals surface area contributed by atoms with E-state index < -0.39 is 0 Å². The van der Waals surface area contributed by atoms with Crippen LogP contribution in [-0.2, 0) is 6.54 Å². The van der Waals surface area contributed by atoms with Crippen LogP contribution in [0.1, 0.15) is 24.8 Å². The molecule has 1 aromatic carbocycles. The summed E-state index contributed by atoms with van der Waals surface area (Å²) in [4.78, 5) is 0. The Morgan fingerprint density at radius 3 is 2.94 bits per heavy atom. The summed E-state index contributed by atoms with van der Waals surface area (Å²) in [5.41, 5.74) is 1.30. The number of aliphatic hydroxyl groups is 1. The van der Waals surface area contributed by atoms with Gasteiger partial charge in [0.15, 0.2) is 0 Å². The van der Waals surface area contributed by atoms with E-state index in [2.05, 4.69) is 39.4 Å². The molecule has 16 heavy (non-hydrogen) atoms. The summed E-state index contributed by atoms with van der Waals surface area (Å²) in [6, 6.07) is 8.36. The van der Waals surface area contributed by atoms with Crippen molar-refractivity contribution >= 4 is 15.9 Å². The standard InChI is InChI=1S/C13H18BrNO/c14-12-3-1-2-10(6-12)8-15-9-11-4-5-13(16)7-11/h1-3,6,11,13,15-16H,4-5,7-9H2. The fraction of sp³-hybridized carbons (Fsp3) is 0.538. The van der Waals surface area contributed by atoms with E-state index in [1.54, 1.807) is 0 Å². The highest BCUT2D eigenvalue weighted by atomic mass is 79.9. The maximum Gasteiger partial charge on any atom is 0.0543 e. The summed E-state index contributed by atoms with van der Waals surface area (Å²) >= 11 is 3.47. The van der Waals surface area contributed by atoms with Crippen LogP contribution in [0.3, 0.4) is 0 Å².